The van der Waals surface area contributed by atoms with Gasteiger partial charge in [0.2, 0.25) is 5.91 Å². The summed E-state index contributed by atoms with van der Waals surface area (Å²) in [6, 6.07) is 19.8. The van der Waals surface area contributed by atoms with Gasteiger partial charge in [-0.05, 0) is 18.1 Å². The fourth-order valence-corrected chi connectivity index (χ4v) is 2.43. The number of benzene rings is 2. The third-order valence-electron chi connectivity index (χ3n) is 3.65. The molecule has 0 saturated carbocycles. The molecule has 0 fully saturated rings. The highest BCUT2D eigenvalue weighted by Gasteiger charge is 2.23. The van der Waals surface area contributed by atoms with Crippen LogP contribution in [0.25, 0.3) is 0 Å². The van der Waals surface area contributed by atoms with E-state index in [1.165, 1.54) is 0 Å². The van der Waals surface area contributed by atoms with Crippen molar-refractivity contribution in [3.63, 3.8) is 0 Å². The van der Waals surface area contributed by atoms with E-state index in [9.17, 15) is 4.79 Å². The van der Waals surface area contributed by atoms with Gasteiger partial charge in [0.05, 0.1) is 5.92 Å². The molecular formula is C18H23ClN2O. The van der Waals surface area contributed by atoms with Crippen molar-refractivity contribution in [2.24, 2.45) is 5.73 Å². The van der Waals surface area contributed by atoms with E-state index in [4.69, 9.17) is 5.73 Å². The largest absolute Gasteiger partial charge is 0.338 e. The Morgan fingerprint density at radius 3 is 2.09 bits per heavy atom. The van der Waals surface area contributed by atoms with Gasteiger partial charge in [0.25, 0.3) is 0 Å². The minimum absolute atomic E-state index is 0. The zero-order valence-corrected chi connectivity index (χ0v) is 13.6. The molecule has 2 rings (SSSR count). The maximum Gasteiger partial charge on any atom is 0.231 e. The van der Waals surface area contributed by atoms with Crippen molar-refractivity contribution in [2.75, 3.05) is 13.1 Å². The van der Waals surface area contributed by atoms with Crippen LogP contribution in [0.3, 0.4) is 0 Å². The molecule has 0 aliphatic rings. The molecule has 2 N–H and O–H groups in total. The van der Waals surface area contributed by atoms with Crippen LogP contribution in [0.4, 0.5) is 0 Å². The van der Waals surface area contributed by atoms with Crippen LogP contribution < -0.4 is 5.73 Å². The summed E-state index contributed by atoms with van der Waals surface area (Å²) in [4.78, 5) is 14.6. The van der Waals surface area contributed by atoms with Crippen LogP contribution in [0, 0.1) is 0 Å². The summed E-state index contributed by atoms with van der Waals surface area (Å²) in [5.41, 5.74) is 7.96. The average molecular weight is 319 g/mol. The molecule has 0 bridgehead atoms. The van der Waals surface area contributed by atoms with Gasteiger partial charge in [0.1, 0.15) is 0 Å². The van der Waals surface area contributed by atoms with Crippen LogP contribution in [-0.4, -0.2) is 23.9 Å². The molecule has 0 saturated heterocycles. The molecule has 1 atom stereocenters. The van der Waals surface area contributed by atoms with Crippen molar-refractivity contribution in [1.82, 2.24) is 4.90 Å². The maximum absolute atomic E-state index is 12.8. The van der Waals surface area contributed by atoms with Gasteiger partial charge >= 0.3 is 0 Å². The smallest absolute Gasteiger partial charge is 0.231 e. The van der Waals surface area contributed by atoms with Crippen molar-refractivity contribution in [3.05, 3.63) is 71.8 Å². The van der Waals surface area contributed by atoms with Gasteiger partial charge in [-0.1, -0.05) is 60.7 Å². The van der Waals surface area contributed by atoms with Crippen LogP contribution in [0.5, 0.6) is 0 Å². The monoisotopic (exact) mass is 318 g/mol. The molecule has 0 spiro atoms. The molecule has 1 unspecified atom stereocenters. The number of nitrogens with two attached hydrogens (primary N) is 1. The van der Waals surface area contributed by atoms with E-state index in [1.807, 2.05) is 72.5 Å². The summed E-state index contributed by atoms with van der Waals surface area (Å²) in [6.07, 6.45) is 0. The lowest BCUT2D eigenvalue weighted by molar-refractivity contribution is -0.133. The lowest BCUT2D eigenvalue weighted by Crippen LogP contribution is -2.37. The number of hydrogen-bond donors (Lipinski definition) is 1. The van der Waals surface area contributed by atoms with Gasteiger partial charge in [0.15, 0.2) is 0 Å². The number of hydrogen-bond acceptors (Lipinski definition) is 2. The van der Waals surface area contributed by atoms with E-state index in [1.54, 1.807) is 0 Å². The van der Waals surface area contributed by atoms with E-state index in [0.29, 0.717) is 19.6 Å². The molecule has 2 aromatic rings. The predicted molar refractivity (Wildman–Crippen MR) is 93.0 cm³/mol. The predicted octanol–water partition coefficient (Wildman–Crippen LogP) is 3.20. The first-order valence-electron chi connectivity index (χ1n) is 7.34. The van der Waals surface area contributed by atoms with Crippen molar-refractivity contribution < 1.29 is 4.79 Å². The third-order valence-corrected chi connectivity index (χ3v) is 3.65. The number of halogens is 1. The second-order valence-corrected chi connectivity index (χ2v) is 5.04. The molecule has 0 radical (unpaired) electrons. The van der Waals surface area contributed by atoms with Gasteiger partial charge in [-0.3, -0.25) is 4.79 Å². The summed E-state index contributed by atoms with van der Waals surface area (Å²) >= 11 is 0. The summed E-state index contributed by atoms with van der Waals surface area (Å²) < 4.78 is 0. The van der Waals surface area contributed by atoms with Crippen LogP contribution in [-0.2, 0) is 11.3 Å². The van der Waals surface area contributed by atoms with Crippen molar-refractivity contribution in [2.45, 2.75) is 19.4 Å². The SMILES string of the molecule is CCN(Cc1ccccc1)C(=O)C(CN)c1ccccc1.Cl. The zero-order chi connectivity index (χ0) is 15.1. The standard InChI is InChI=1S/C18H22N2O.ClH/c1-2-20(14-15-9-5-3-6-10-15)18(21)17(13-19)16-11-7-4-8-12-16;/h3-12,17H,2,13-14,19H2,1H3;1H. The molecule has 2 aromatic carbocycles. The lowest BCUT2D eigenvalue weighted by atomic mass is 9.97. The molecule has 22 heavy (non-hydrogen) atoms. The molecule has 118 valence electrons. The Balaban J connectivity index is 0.00000242. The van der Waals surface area contributed by atoms with Crippen molar-refractivity contribution in [1.29, 1.82) is 0 Å². The Bertz CT molecular complexity index is 560. The van der Waals surface area contributed by atoms with Crippen LogP contribution in [0.1, 0.15) is 24.0 Å². The Morgan fingerprint density at radius 1 is 1.05 bits per heavy atom. The van der Waals surface area contributed by atoms with Gasteiger partial charge < -0.3 is 10.6 Å². The molecule has 0 aliphatic carbocycles. The number of carbonyl (C=O) groups is 1. The molecule has 0 aromatic heterocycles. The fraction of sp³-hybridized carbons (Fsp3) is 0.278. The number of carbonyl (C=O) groups excluding carboxylic acids is 1. The lowest BCUT2D eigenvalue weighted by Gasteiger charge is -2.26. The van der Waals surface area contributed by atoms with Crippen molar-refractivity contribution >= 4 is 18.3 Å². The van der Waals surface area contributed by atoms with Crippen LogP contribution in [0.15, 0.2) is 60.7 Å². The summed E-state index contributed by atoms with van der Waals surface area (Å²) in [7, 11) is 0. The van der Waals surface area contributed by atoms with E-state index >= 15 is 0 Å². The Labute approximate surface area is 138 Å². The number of nitrogens with zero attached hydrogens (tertiary/aromatic N) is 1. The van der Waals surface area contributed by atoms with Gasteiger partial charge in [-0.15, -0.1) is 12.4 Å². The highest BCUT2D eigenvalue weighted by molar-refractivity contribution is 5.85. The fourth-order valence-electron chi connectivity index (χ4n) is 2.43. The molecule has 3 nitrogen and oxygen atoms in total. The zero-order valence-electron chi connectivity index (χ0n) is 12.8. The van der Waals surface area contributed by atoms with Gasteiger partial charge in [-0.2, -0.15) is 0 Å². The first kappa shape index (κ1) is 18.2. The van der Waals surface area contributed by atoms with E-state index in [0.717, 1.165) is 11.1 Å². The number of amides is 1. The van der Waals surface area contributed by atoms with Crippen LogP contribution in [0.2, 0.25) is 0 Å². The first-order chi connectivity index (χ1) is 10.3. The molecule has 0 aliphatic heterocycles. The van der Waals surface area contributed by atoms with Gasteiger partial charge in [-0.25, -0.2) is 0 Å². The first-order valence-corrected chi connectivity index (χ1v) is 7.34. The quantitative estimate of drug-likeness (QED) is 0.889. The van der Waals surface area contributed by atoms with Crippen molar-refractivity contribution in [3.8, 4) is 0 Å². The number of likely N-dealkylation sites (N-methyl/N-ethyl adjacent to an activating group) is 1. The normalized spacial score (nSPS) is 11.4. The van der Waals surface area contributed by atoms with E-state index < -0.39 is 0 Å². The summed E-state index contributed by atoms with van der Waals surface area (Å²) in [5.74, 6) is -0.176. The minimum Gasteiger partial charge on any atom is -0.338 e. The summed E-state index contributed by atoms with van der Waals surface area (Å²) in [5, 5.41) is 0. The highest BCUT2D eigenvalue weighted by Crippen LogP contribution is 2.18. The van der Waals surface area contributed by atoms with E-state index in [2.05, 4.69) is 0 Å². The second kappa shape index (κ2) is 9.23. The number of rotatable bonds is 6. The summed E-state index contributed by atoms with van der Waals surface area (Å²) in [6.45, 7) is 3.63. The topological polar surface area (TPSA) is 46.3 Å². The van der Waals surface area contributed by atoms with E-state index in [-0.39, 0.29) is 24.2 Å². The molecule has 4 heteroatoms. The Kier molecular flexibility index (Phi) is 7.64. The maximum atomic E-state index is 12.8. The Morgan fingerprint density at radius 2 is 1.59 bits per heavy atom. The van der Waals surface area contributed by atoms with Gasteiger partial charge in [0, 0.05) is 19.6 Å². The van der Waals surface area contributed by atoms with Crippen LogP contribution >= 0.6 is 12.4 Å². The Hall–Kier alpha value is -1.84. The second-order valence-electron chi connectivity index (χ2n) is 5.04. The highest BCUT2D eigenvalue weighted by atomic mass is 35.5. The third kappa shape index (κ3) is 4.58. The molecular weight excluding hydrogens is 296 g/mol. The molecule has 0 heterocycles. The molecule has 1 amide bonds. The average Bonchev–Trinajstić information content (AvgIpc) is 2.55. The minimum atomic E-state index is -0.269.